The van der Waals surface area contributed by atoms with Gasteiger partial charge in [-0.3, -0.25) is 0 Å². The van der Waals surface area contributed by atoms with E-state index in [1.807, 2.05) is 0 Å². The highest BCUT2D eigenvalue weighted by atomic mass is 32.2. The Morgan fingerprint density at radius 1 is 1.14 bits per heavy atom. The van der Waals surface area contributed by atoms with E-state index in [0.29, 0.717) is 37.3 Å². The molecule has 1 rings (SSSR count). The Morgan fingerprint density at radius 3 is 2.32 bits per heavy atom. The van der Waals surface area contributed by atoms with Crippen LogP contribution in [0, 0.1) is 0 Å². The van der Waals surface area contributed by atoms with Crippen LogP contribution in [0.1, 0.15) is 38.1 Å². The highest BCUT2D eigenvalue weighted by molar-refractivity contribution is 7.90. The summed E-state index contributed by atoms with van der Waals surface area (Å²) in [4.78, 5) is 0. The van der Waals surface area contributed by atoms with Gasteiger partial charge in [0.05, 0.1) is 5.25 Å². The lowest BCUT2D eigenvalue weighted by atomic mass is 10.2. The van der Waals surface area contributed by atoms with E-state index in [9.17, 15) is 21.6 Å². The van der Waals surface area contributed by atoms with Gasteiger partial charge >= 0.3 is 6.18 Å². The van der Waals surface area contributed by atoms with Crippen molar-refractivity contribution in [2.24, 2.45) is 0 Å². The van der Waals surface area contributed by atoms with E-state index in [0.717, 1.165) is 6.42 Å². The molecule has 0 fully saturated rings. The van der Waals surface area contributed by atoms with Gasteiger partial charge in [0.2, 0.25) is 20.2 Å². The molecule has 11 heteroatoms. The average Bonchev–Trinajstić information content (AvgIpc) is 2.86. The molecular formula is C11H19F3N4O2S2. The fourth-order valence-corrected chi connectivity index (χ4v) is 2.81. The summed E-state index contributed by atoms with van der Waals surface area (Å²) in [5.74, 6) is 0. The Balaban J connectivity index is 2.15. The quantitative estimate of drug-likeness (QED) is 0.661. The van der Waals surface area contributed by atoms with E-state index in [-0.39, 0.29) is 5.13 Å². The number of sulfonamides is 1. The molecule has 2 N–H and O–H groups in total. The predicted octanol–water partition coefficient (Wildman–Crippen LogP) is 2.47. The van der Waals surface area contributed by atoms with Gasteiger partial charge < -0.3 is 5.32 Å². The first-order chi connectivity index (χ1) is 10.1. The van der Waals surface area contributed by atoms with Gasteiger partial charge in [0, 0.05) is 13.1 Å². The fourth-order valence-electron chi connectivity index (χ4n) is 1.41. The van der Waals surface area contributed by atoms with E-state index in [2.05, 4.69) is 20.2 Å². The van der Waals surface area contributed by atoms with Gasteiger partial charge in [0.1, 0.15) is 0 Å². The first kappa shape index (κ1) is 19.1. The molecule has 0 aromatic carbocycles. The molecule has 0 amide bonds. The zero-order chi connectivity index (χ0) is 16.8. The predicted molar refractivity (Wildman–Crippen MR) is 79.3 cm³/mol. The van der Waals surface area contributed by atoms with Gasteiger partial charge in [0.25, 0.3) is 0 Å². The van der Waals surface area contributed by atoms with Crippen molar-refractivity contribution in [2.45, 2.75) is 44.5 Å². The smallest absolute Gasteiger partial charge is 0.360 e. The highest BCUT2D eigenvalue weighted by Gasteiger charge is 2.35. The van der Waals surface area contributed by atoms with Crippen molar-refractivity contribution in [1.29, 1.82) is 0 Å². The zero-order valence-corrected chi connectivity index (χ0v) is 13.9. The average molecular weight is 360 g/mol. The molecule has 0 saturated heterocycles. The number of rotatable bonds is 9. The van der Waals surface area contributed by atoms with Gasteiger partial charge in [-0.2, -0.15) is 13.2 Å². The number of anilines is 1. The summed E-state index contributed by atoms with van der Waals surface area (Å²) in [6.45, 7) is 4.02. The van der Waals surface area contributed by atoms with Gasteiger partial charge in [-0.1, -0.05) is 17.8 Å². The number of nitrogens with zero attached hydrogens (tertiary/aromatic N) is 2. The molecule has 0 unspecified atom stereocenters. The van der Waals surface area contributed by atoms with Crippen molar-refractivity contribution >= 4 is 26.5 Å². The summed E-state index contributed by atoms with van der Waals surface area (Å²) in [7, 11) is -3.23. The Kier molecular flexibility index (Phi) is 7.00. The Labute approximate surface area is 131 Å². The molecule has 128 valence electrons. The number of unbranched alkanes of at least 4 members (excludes halogenated alkanes) is 2. The molecule has 0 aliphatic rings. The molecule has 22 heavy (non-hydrogen) atoms. The third kappa shape index (κ3) is 6.44. The SMILES string of the molecule is CC(C)S(=O)(=O)NCCCCCNc1nnc(C(F)(F)F)s1. The van der Waals surface area contributed by atoms with Crippen LogP contribution in [0.15, 0.2) is 0 Å². The van der Waals surface area contributed by atoms with Crippen LogP contribution in [-0.2, 0) is 16.2 Å². The van der Waals surface area contributed by atoms with E-state index in [1.165, 1.54) is 0 Å². The molecular weight excluding hydrogens is 341 g/mol. The lowest BCUT2D eigenvalue weighted by Crippen LogP contribution is -2.31. The second kappa shape index (κ2) is 8.06. The highest BCUT2D eigenvalue weighted by Crippen LogP contribution is 2.32. The third-order valence-electron chi connectivity index (χ3n) is 2.72. The van der Waals surface area contributed by atoms with E-state index in [4.69, 9.17) is 0 Å². The van der Waals surface area contributed by atoms with Crippen molar-refractivity contribution in [2.75, 3.05) is 18.4 Å². The van der Waals surface area contributed by atoms with Crippen molar-refractivity contribution in [3.05, 3.63) is 5.01 Å². The van der Waals surface area contributed by atoms with Gasteiger partial charge in [-0.15, -0.1) is 10.2 Å². The molecule has 1 heterocycles. The van der Waals surface area contributed by atoms with Crippen LogP contribution in [0.2, 0.25) is 0 Å². The standard InChI is InChI=1S/C11H19F3N4O2S2/c1-8(2)22(19,20)16-7-5-3-4-6-15-10-18-17-9(21-10)11(12,13)14/h8,16H,3-7H2,1-2H3,(H,15,18). The first-order valence-electron chi connectivity index (χ1n) is 6.76. The van der Waals surface area contributed by atoms with Crippen LogP contribution in [0.25, 0.3) is 0 Å². The van der Waals surface area contributed by atoms with Crippen LogP contribution in [0.4, 0.5) is 18.3 Å². The molecule has 0 bridgehead atoms. The van der Waals surface area contributed by atoms with Gasteiger partial charge in [-0.05, 0) is 26.7 Å². The number of nitrogens with one attached hydrogen (secondary N) is 2. The minimum atomic E-state index is -4.47. The molecule has 0 atom stereocenters. The Bertz CT molecular complexity index is 558. The normalized spacial score (nSPS) is 12.8. The van der Waals surface area contributed by atoms with Gasteiger partial charge in [-0.25, -0.2) is 13.1 Å². The topological polar surface area (TPSA) is 84.0 Å². The Morgan fingerprint density at radius 2 is 1.77 bits per heavy atom. The minimum Gasteiger partial charge on any atom is -0.360 e. The molecule has 1 aromatic heterocycles. The Hall–Kier alpha value is -0.940. The maximum Gasteiger partial charge on any atom is 0.445 e. The monoisotopic (exact) mass is 360 g/mol. The van der Waals surface area contributed by atoms with Crippen molar-refractivity contribution in [3.63, 3.8) is 0 Å². The van der Waals surface area contributed by atoms with Crippen LogP contribution >= 0.6 is 11.3 Å². The summed E-state index contributed by atoms with van der Waals surface area (Å²) in [5.41, 5.74) is 0. The van der Waals surface area contributed by atoms with Crippen LogP contribution in [0.3, 0.4) is 0 Å². The lowest BCUT2D eigenvalue weighted by Gasteiger charge is -2.09. The second-order valence-corrected chi connectivity index (χ2v) is 8.18. The van der Waals surface area contributed by atoms with Crippen LogP contribution in [-0.4, -0.2) is 37.0 Å². The minimum absolute atomic E-state index is 0.132. The third-order valence-corrected chi connectivity index (χ3v) is 5.49. The summed E-state index contributed by atoms with van der Waals surface area (Å²) >= 11 is 0.465. The number of hydrogen-bond acceptors (Lipinski definition) is 6. The van der Waals surface area contributed by atoms with Gasteiger partial charge in [0.15, 0.2) is 0 Å². The molecule has 0 aliphatic carbocycles. The van der Waals surface area contributed by atoms with E-state index < -0.39 is 26.5 Å². The van der Waals surface area contributed by atoms with E-state index >= 15 is 0 Å². The van der Waals surface area contributed by atoms with Crippen LogP contribution < -0.4 is 10.0 Å². The molecule has 0 aliphatic heterocycles. The number of alkyl halides is 3. The molecule has 6 nitrogen and oxygen atoms in total. The van der Waals surface area contributed by atoms with Crippen molar-refractivity contribution in [1.82, 2.24) is 14.9 Å². The molecule has 0 saturated carbocycles. The summed E-state index contributed by atoms with van der Waals surface area (Å²) in [6, 6.07) is 0. The summed E-state index contributed by atoms with van der Waals surface area (Å²) in [6.07, 6.45) is -2.36. The number of hydrogen-bond donors (Lipinski definition) is 2. The zero-order valence-electron chi connectivity index (χ0n) is 12.3. The van der Waals surface area contributed by atoms with Crippen LogP contribution in [0.5, 0.6) is 0 Å². The number of halogens is 3. The first-order valence-corrected chi connectivity index (χ1v) is 9.12. The molecule has 0 spiro atoms. The fraction of sp³-hybridized carbons (Fsp3) is 0.818. The summed E-state index contributed by atoms with van der Waals surface area (Å²) < 4.78 is 62.3. The largest absolute Gasteiger partial charge is 0.445 e. The van der Waals surface area contributed by atoms with Crippen molar-refractivity contribution in [3.8, 4) is 0 Å². The number of aromatic nitrogens is 2. The van der Waals surface area contributed by atoms with E-state index in [1.54, 1.807) is 13.8 Å². The lowest BCUT2D eigenvalue weighted by molar-refractivity contribution is -0.138. The summed E-state index contributed by atoms with van der Waals surface area (Å²) in [5, 5.41) is 7.94. The van der Waals surface area contributed by atoms with Crippen molar-refractivity contribution < 1.29 is 21.6 Å². The molecule has 1 aromatic rings. The second-order valence-electron chi connectivity index (χ2n) is 4.89. The maximum atomic E-state index is 12.3. The maximum absolute atomic E-state index is 12.3. The molecule has 0 radical (unpaired) electrons.